The number of hydrogen-bond donors (Lipinski definition) is 2. The normalized spacial score (nSPS) is 17.2. The molecule has 0 saturated carbocycles. The van der Waals surface area contributed by atoms with Crippen LogP contribution in [0, 0.1) is 13.8 Å². The van der Waals surface area contributed by atoms with E-state index < -0.39 is 0 Å². The van der Waals surface area contributed by atoms with Crippen LogP contribution in [0.2, 0.25) is 0 Å². The first-order valence-corrected chi connectivity index (χ1v) is 12.8. The van der Waals surface area contributed by atoms with E-state index >= 15 is 0 Å². The van der Waals surface area contributed by atoms with Gasteiger partial charge in [-0.15, -0.1) is 0 Å². The maximum absolute atomic E-state index is 13.4. The van der Waals surface area contributed by atoms with Crippen molar-refractivity contribution in [2.75, 3.05) is 18.5 Å². The quantitative estimate of drug-likeness (QED) is 0.337. The van der Waals surface area contributed by atoms with Crippen molar-refractivity contribution < 1.29 is 14.3 Å². The Morgan fingerprint density at radius 1 is 0.946 bits per heavy atom. The molecule has 5 rings (SSSR count). The SMILES string of the molecule is Cc1ccc(C(=O)Nc2ccc3c(c2)cc(C(=O)NCC2(C)CCCO2)n3Cc2cccc(C)c2)cc1. The van der Waals surface area contributed by atoms with Crippen LogP contribution in [0.15, 0.2) is 72.8 Å². The van der Waals surface area contributed by atoms with E-state index in [1.54, 1.807) is 0 Å². The van der Waals surface area contributed by atoms with Gasteiger partial charge in [0.2, 0.25) is 0 Å². The number of anilines is 1. The van der Waals surface area contributed by atoms with Crippen LogP contribution in [0.1, 0.15) is 57.3 Å². The van der Waals surface area contributed by atoms with Crippen molar-refractivity contribution in [3.8, 4) is 0 Å². The van der Waals surface area contributed by atoms with Gasteiger partial charge < -0.3 is 19.9 Å². The molecule has 4 aromatic rings. The van der Waals surface area contributed by atoms with E-state index in [-0.39, 0.29) is 17.4 Å². The molecule has 2 heterocycles. The van der Waals surface area contributed by atoms with E-state index in [0.717, 1.165) is 41.5 Å². The summed E-state index contributed by atoms with van der Waals surface area (Å²) in [6.07, 6.45) is 1.95. The number of hydrogen-bond acceptors (Lipinski definition) is 3. The van der Waals surface area contributed by atoms with Gasteiger partial charge >= 0.3 is 0 Å². The zero-order chi connectivity index (χ0) is 26.0. The van der Waals surface area contributed by atoms with Crippen molar-refractivity contribution in [2.24, 2.45) is 0 Å². The standard InChI is InChI=1S/C31H33N3O3/c1-21-8-10-24(11-9-21)29(35)33-26-12-13-27-25(17-26)18-28(30(36)32-20-31(3)14-5-15-37-31)34(27)19-23-7-4-6-22(2)16-23/h4,6-13,16-18H,5,14-15,19-20H2,1-3H3,(H,32,36)(H,33,35). The van der Waals surface area contributed by atoms with Crippen LogP contribution in [0.4, 0.5) is 5.69 Å². The van der Waals surface area contributed by atoms with Gasteiger partial charge in [0, 0.05) is 41.9 Å². The van der Waals surface area contributed by atoms with E-state index in [9.17, 15) is 9.59 Å². The molecule has 0 radical (unpaired) electrons. The van der Waals surface area contributed by atoms with Gasteiger partial charge in [0.15, 0.2) is 0 Å². The first-order chi connectivity index (χ1) is 17.8. The summed E-state index contributed by atoms with van der Waals surface area (Å²) in [7, 11) is 0. The number of nitrogens with one attached hydrogen (secondary N) is 2. The first-order valence-electron chi connectivity index (χ1n) is 12.8. The lowest BCUT2D eigenvalue weighted by molar-refractivity contribution is 0.0205. The van der Waals surface area contributed by atoms with Crippen molar-refractivity contribution in [1.82, 2.24) is 9.88 Å². The number of rotatable bonds is 7. The second-order valence-electron chi connectivity index (χ2n) is 10.3. The van der Waals surface area contributed by atoms with Gasteiger partial charge in [-0.1, -0.05) is 47.5 Å². The molecule has 0 spiro atoms. The molecule has 1 aromatic heterocycles. The zero-order valence-electron chi connectivity index (χ0n) is 21.6. The Morgan fingerprint density at radius 2 is 1.76 bits per heavy atom. The third kappa shape index (κ3) is 5.59. The molecule has 3 aromatic carbocycles. The number of carbonyl (C=O) groups is 2. The van der Waals surface area contributed by atoms with Gasteiger partial charge in [0.1, 0.15) is 5.69 Å². The van der Waals surface area contributed by atoms with Gasteiger partial charge in [-0.05, 0) is 75.6 Å². The lowest BCUT2D eigenvalue weighted by Gasteiger charge is -2.23. The minimum Gasteiger partial charge on any atom is -0.373 e. The Kier molecular flexibility index (Phi) is 6.85. The van der Waals surface area contributed by atoms with E-state index in [4.69, 9.17) is 4.74 Å². The van der Waals surface area contributed by atoms with E-state index in [1.165, 1.54) is 5.56 Å². The van der Waals surface area contributed by atoms with Crippen LogP contribution in [0.3, 0.4) is 0 Å². The maximum Gasteiger partial charge on any atom is 0.268 e. The highest BCUT2D eigenvalue weighted by Crippen LogP contribution is 2.27. The van der Waals surface area contributed by atoms with Crippen LogP contribution >= 0.6 is 0 Å². The van der Waals surface area contributed by atoms with Gasteiger partial charge in [0.05, 0.1) is 5.60 Å². The lowest BCUT2D eigenvalue weighted by Crippen LogP contribution is -2.40. The fourth-order valence-electron chi connectivity index (χ4n) is 4.94. The van der Waals surface area contributed by atoms with Gasteiger partial charge in [-0.2, -0.15) is 0 Å². The molecule has 0 bridgehead atoms. The molecule has 1 saturated heterocycles. The molecule has 1 fully saturated rings. The number of ether oxygens (including phenoxy) is 1. The highest BCUT2D eigenvalue weighted by atomic mass is 16.5. The van der Waals surface area contributed by atoms with Crippen molar-refractivity contribution >= 4 is 28.4 Å². The molecule has 6 heteroatoms. The van der Waals surface area contributed by atoms with Crippen molar-refractivity contribution in [3.63, 3.8) is 0 Å². The molecular formula is C31H33N3O3. The highest BCUT2D eigenvalue weighted by molar-refractivity contribution is 6.06. The number of amides is 2. The van der Waals surface area contributed by atoms with E-state index in [2.05, 4.69) is 35.8 Å². The minimum atomic E-state index is -0.323. The number of aromatic nitrogens is 1. The Morgan fingerprint density at radius 3 is 2.49 bits per heavy atom. The first kappa shape index (κ1) is 24.8. The minimum absolute atomic E-state index is 0.134. The van der Waals surface area contributed by atoms with Crippen LogP contribution in [0.5, 0.6) is 0 Å². The molecule has 1 atom stereocenters. The average Bonchev–Trinajstić information content (AvgIpc) is 3.47. The fraction of sp³-hybridized carbons (Fsp3) is 0.290. The predicted octanol–water partition coefficient (Wildman–Crippen LogP) is 5.86. The highest BCUT2D eigenvalue weighted by Gasteiger charge is 2.30. The Balaban J connectivity index is 1.45. The molecule has 2 N–H and O–H groups in total. The predicted molar refractivity (Wildman–Crippen MR) is 147 cm³/mol. The summed E-state index contributed by atoms with van der Waals surface area (Å²) in [4.78, 5) is 26.2. The van der Waals surface area contributed by atoms with Gasteiger partial charge in [0.25, 0.3) is 11.8 Å². The molecule has 1 unspecified atom stereocenters. The summed E-state index contributed by atoms with van der Waals surface area (Å²) in [5.41, 5.74) is 5.88. The van der Waals surface area contributed by atoms with Crippen molar-refractivity contribution in [2.45, 2.75) is 45.8 Å². The summed E-state index contributed by atoms with van der Waals surface area (Å²) in [6, 6.07) is 23.5. The van der Waals surface area contributed by atoms with Crippen LogP contribution < -0.4 is 10.6 Å². The maximum atomic E-state index is 13.4. The number of carbonyl (C=O) groups excluding carboxylic acids is 2. The average molecular weight is 496 g/mol. The number of benzene rings is 3. The summed E-state index contributed by atoms with van der Waals surface area (Å²) in [5, 5.41) is 6.98. The molecule has 1 aliphatic heterocycles. The zero-order valence-corrected chi connectivity index (χ0v) is 21.6. The van der Waals surface area contributed by atoms with Crippen LogP contribution in [-0.4, -0.2) is 35.1 Å². The summed E-state index contributed by atoms with van der Waals surface area (Å²) >= 11 is 0. The second kappa shape index (κ2) is 10.2. The monoisotopic (exact) mass is 495 g/mol. The smallest absolute Gasteiger partial charge is 0.268 e. The molecule has 0 aliphatic carbocycles. The molecule has 190 valence electrons. The second-order valence-corrected chi connectivity index (χ2v) is 10.3. The molecular weight excluding hydrogens is 462 g/mol. The Hall–Kier alpha value is -3.90. The Labute approximate surface area is 217 Å². The van der Waals surface area contributed by atoms with E-state index in [0.29, 0.717) is 30.0 Å². The fourth-order valence-corrected chi connectivity index (χ4v) is 4.94. The number of nitrogens with zero attached hydrogens (tertiary/aromatic N) is 1. The third-order valence-corrected chi connectivity index (χ3v) is 7.05. The number of aryl methyl sites for hydroxylation is 2. The van der Waals surface area contributed by atoms with Crippen molar-refractivity contribution in [1.29, 1.82) is 0 Å². The lowest BCUT2D eigenvalue weighted by atomic mass is 10.0. The Bertz CT molecular complexity index is 1450. The van der Waals surface area contributed by atoms with Gasteiger partial charge in [-0.25, -0.2) is 0 Å². The topological polar surface area (TPSA) is 72.4 Å². The van der Waals surface area contributed by atoms with Crippen LogP contribution in [0.25, 0.3) is 10.9 Å². The number of fused-ring (bicyclic) bond motifs is 1. The summed E-state index contributed by atoms with van der Waals surface area (Å²) in [5.74, 6) is -0.299. The van der Waals surface area contributed by atoms with Crippen LogP contribution in [-0.2, 0) is 11.3 Å². The molecule has 2 amide bonds. The van der Waals surface area contributed by atoms with E-state index in [1.807, 2.05) is 73.0 Å². The summed E-state index contributed by atoms with van der Waals surface area (Å²) < 4.78 is 7.90. The molecule has 6 nitrogen and oxygen atoms in total. The molecule has 37 heavy (non-hydrogen) atoms. The summed E-state index contributed by atoms with van der Waals surface area (Å²) in [6.45, 7) is 7.87. The molecule has 1 aliphatic rings. The van der Waals surface area contributed by atoms with Crippen molar-refractivity contribution in [3.05, 3.63) is 101 Å². The largest absolute Gasteiger partial charge is 0.373 e. The third-order valence-electron chi connectivity index (χ3n) is 7.05. The van der Waals surface area contributed by atoms with Gasteiger partial charge in [-0.3, -0.25) is 9.59 Å².